The molecule has 1 unspecified atom stereocenters. The SMILES string of the molecule is CC.O=C1CCC(N2Cc3cccc(Cl)c3C2=O)C(=O)N1. The fourth-order valence-electron chi connectivity index (χ4n) is 2.57. The van der Waals surface area contributed by atoms with Gasteiger partial charge in [-0.05, 0) is 18.1 Å². The molecule has 112 valence electrons. The Morgan fingerprint density at radius 3 is 2.57 bits per heavy atom. The van der Waals surface area contributed by atoms with Crippen molar-refractivity contribution in [1.82, 2.24) is 10.2 Å². The number of nitrogens with one attached hydrogen (secondary N) is 1. The molecule has 21 heavy (non-hydrogen) atoms. The highest BCUT2D eigenvalue weighted by molar-refractivity contribution is 6.34. The first kappa shape index (κ1) is 15.5. The van der Waals surface area contributed by atoms with Crippen LogP contribution in [-0.4, -0.2) is 28.7 Å². The number of hydrogen-bond donors (Lipinski definition) is 1. The number of hydrogen-bond acceptors (Lipinski definition) is 3. The lowest BCUT2D eigenvalue weighted by atomic mass is 10.0. The molecule has 3 amide bonds. The number of amides is 3. The van der Waals surface area contributed by atoms with Crippen molar-refractivity contribution in [3.63, 3.8) is 0 Å². The van der Waals surface area contributed by atoms with Crippen molar-refractivity contribution in [2.45, 2.75) is 39.3 Å². The summed E-state index contributed by atoms with van der Waals surface area (Å²) in [6.45, 7) is 4.36. The third-order valence-electron chi connectivity index (χ3n) is 3.50. The Hall–Kier alpha value is -1.88. The van der Waals surface area contributed by atoms with Gasteiger partial charge in [0.05, 0.1) is 10.6 Å². The van der Waals surface area contributed by atoms with Crippen molar-refractivity contribution in [3.8, 4) is 0 Å². The Morgan fingerprint density at radius 1 is 1.24 bits per heavy atom. The molecule has 0 aliphatic carbocycles. The molecular weight excluding hydrogens is 292 g/mol. The highest BCUT2D eigenvalue weighted by Crippen LogP contribution is 2.31. The Morgan fingerprint density at radius 2 is 1.95 bits per heavy atom. The molecule has 0 aromatic heterocycles. The van der Waals surface area contributed by atoms with Crippen molar-refractivity contribution in [2.24, 2.45) is 0 Å². The van der Waals surface area contributed by atoms with E-state index in [0.717, 1.165) is 5.56 Å². The quantitative estimate of drug-likeness (QED) is 0.808. The van der Waals surface area contributed by atoms with Crippen LogP contribution < -0.4 is 5.32 Å². The Balaban J connectivity index is 0.000000774. The van der Waals surface area contributed by atoms with E-state index in [1.165, 1.54) is 4.90 Å². The number of rotatable bonds is 1. The van der Waals surface area contributed by atoms with Crippen molar-refractivity contribution in [3.05, 3.63) is 34.3 Å². The summed E-state index contributed by atoms with van der Waals surface area (Å²) in [4.78, 5) is 36.8. The molecule has 5 nitrogen and oxygen atoms in total. The summed E-state index contributed by atoms with van der Waals surface area (Å²) >= 11 is 6.03. The fraction of sp³-hybridized carbons (Fsp3) is 0.400. The molecule has 1 aromatic carbocycles. The van der Waals surface area contributed by atoms with Crippen molar-refractivity contribution >= 4 is 29.3 Å². The first-order valence-electron chi connectivity index (χ1n) is 7.00. The van der Waals surface area contributed by atoms with Gasteiger partial charge in [0.25, 0.3) is 5.91 Å². The van der Waals surface area contributed by atoms with Gasteiger partial charge in [-0.1, -0.05) is 37.6 Å². The normalized spacial score (nSPS) is 20.6. The van der Waals surface area contributed by atoms with Crippen molar-refractivity contribution < 1.29 is 14.4 Å². The minimum Gasteiger partial charge on any atom is -0.322 e. The van der Waals surface area contributed by atoms with Crippen LogP contribution in [-0.2, 0) is 16.1 Å². The molecule has 2 aliphatic rings. The van der Waals surface area contributed by atoms with E-state index in [1.807, 2.05) is 19.9 Å². The van der Waals surface area contributed by atoms with E-state index in [9.17, 15) is 14.4 Å². The average molecular weight is 309 g/mol. The molecular formula is C15H17ClN2O3. The standard InChI is InChI=1S/C13H11ClN2O3.C2H6/c14-8-3-1-2-7-6-16(13(19)11(7)8)9-4-5-10(17)15-12(9)18;1-2/h1-3,9H,4-6H2,(H,15,17,18);1-2H3. The molecule has 1 saturated heterocycles. The molecule has 0 spiro atoms. The number of piperidine rings is 1. The molecule has 1 N–H and O–H groups in total. The van der Waals surface area contributed by atoms with Gasteiger partial charge in [0.2, 0.25) is 11.8 Å². The van der Waals surface area contributed by atoms with Gasteiger partial charge in [0.1, 0.15) is 6.04 Å². The second-order valence-corrected chi connectivity index (χ2v) is 5.08. The summed E-state index contributed by atoms with van der Waals surface area (Å²) in [5, 5.41) is 2.66. The fourth-order valence-corrected chi connectivity index (χ4v) is 2.85. The number of benzene rings is 1. The van der Waals surface area contributed by atoms with Crippen molar-refractivity contribution in [2.75, 3.05) is 0 Å². The third-order valence-corrected chi connectivity index (χ3v) is 3.82. The monoisotopic (exact) mass is 308 g/mol. The zero-order valence-corrected chi connectivity index (χ0v) is 12.7. The van der Waals surface area contributed by atoms with Gasteiger partial charge in [0.15, 0.2) is 0 Å². The maximum absolute atomic E-state index is 12.3. The van der Waals surface area contributed by atoms with Crippen LogP contribution in [0.25, 0.3) is 0 Å². The lowest BCUT2D eigenvalue weighted by molar-refractivity contribution is -0.136. The van der Waals surface area contributed by atoms with Crippen LogP contribution in [0.2, 0.25) is 5.02 Å². The van der Waals surface area contributed by atoms with Crippen LogP contribution in [0.4, 0.5) is 0 Å². The average Bonchev–Trinajstić information content (AvgIpc) is 2.80. The van der Waals surface area contributed by atoms with Gasteiger partial charge in [-0.25, -0.2) is 0 Å². The number of carbonyl (C=O) groups is 3. The molecule has 6 heteroatoms. The van der Waals surface area contributed by atoms with Crippen LogP contribution in [0.15, 0.2) is 18.2 Å². The van der Waals surface area contributed by atoms with Gasteiger partial charge in [-0.3, -0.25) is 19.7 Å². The number of fused-ring (bicyclic) bond motifs is 1. The van der Waals surface area contributed by atoms with Crippen LogP contribution in [0.3, 0.4) is 0 Å². The highest BCUT2D eigenvalue weighted by Gasteiger charge is 2.39. The number of halogens is 1. The molecule has 0 radical (unpaired) electrons. The van der Waals surface area contributed by atoms with E-state index < -0.39 is 11.9 Å². The Bertz CT molecular complexity index is 601. The molecule has 2 aliphatic heterocycles. The second kappa shape index (κ2) is 6.26. The Labute approximate surface area is 128 Å². The summed E-state index contributed by atoms with van der Waals surface area (Å²) in [5.41, 5.74) is 1.29. The summed E-state index contributed by atoms with van der Waals surface area (Å²) < 4.78 is 0. The molecule has 3 rings (SSSR count). The lowest BCUT2D eigenvalue weighted by Gasteiger charge is -2.29. The van der Waals surface area contributed by atoms with E-state index in [2.05, 4.69) is 5.32 Å². The molecule has 0 saturated carbocycles. The van der Waals surface area contributed by atoms with E-state index in [1.54, 1.807) is 12.1 Å². The minimum absolute atomic E-state index is 0.241. The van der Waals surface area contributed by atoms with E-state index >= 15 is 0 Å². The third kappa shape index (κ3) is 2.78. The summed E-state index contributed by atoms with van der Waals surface area (Å²) in [5.74, 6) is -0.938. The molecule has 1 atom stereocenters. The maximum atomic E-state index is 12.3. The lowest BCUT2D eigenvalue weighted by Crippen LogP contribution is -2.52. The Kier molecular flexibility index (Phi) is 4.63. The highest BCUT2D eigenvalue weighted by atomic mass is 35.5. The van der Waals surface area contributed by atoms with Gasteiger partial charge in [-0.15, -0.1) is 0 Å². The predicted octanol–water partition coefficient (Wildman–Crippen LogP) is 2.13. The summed E-state index contributed by atoms with van der Waals surface area (Å²) in [6.07, 6.45) is 0.617. The molecule has 2 heterocycles. The van der Waals surface area contributed by atoms with Crippen LogP contribution in [0.1, 0.15) is 42.6 Å². The van der Waals surface area contributed by atoms with Crippen molar-refractivity contribution in [1.29, 1.82) is 0 Å². The van der Waals surface area contributed by atoms with E-state index in [4.69, 9.17) is 11.6 Å². The number of nitrogens with zero attached hydrogens (tertiary/aromatic N) is 1. The number of imide groups is 1. The topological polar surface area (TPSA) is 66.5 Å². The zero-order chi connectivity index (χ0) is 15.6. The van der Waals surface area contributed by atoms with E-state index in [0.29, 0.717) is 23.6 Å². The first-order valence-corrected chi connectivity index (χ1v) is 7.38. The van der Waals surface area contributed by atoms with Gasteiger partial charge in [0, 0.05) is 13.0 Å². The smallest absolute Gasteiger partial charge is 0.256 e. The van der Waals surface area contributed by atoms with E-state index in [-0.39, 0.29) is 18.2 Å². The van der Waals surface area contributed by atoms with Gasteiger partial charge in [-0.2, -0.15) is 0 Å². The summed E-state index contributed by atoms with van der Waals surface area (Å²) in [7, 11) is 0. The molecule has 0 bridgehead atoms. The molecule has 1 aromatic rings. The van der Waals surface area contributed by atoms with Crippen LogP contribution >= 0.6 is 11.6 Å². The second-order valence-electron chi connectivity index (χ2n) is 4.67. The first-order chi connectivity index (χ1) is 10.1. The zero-order valence-electron chi connectivity index (χ0n) is 12.0. The van der Waals surface area contributed by atoms with Gasteiger partial charge >= 0.3 is 0 Å². The molecule has 1 fully saturated rings. The van der Waals surface area contributed by atoms with Crippen LogP contribution in [0.5, 0.6) is 0 Å². The van der Waals surface area contributed by atoms with Crippen LogP contribution in [0, 0.1) is 0 Å². The predicted molar refractivity (Wildman–Crippen MR) is 78.8 cm³/mol. The minimum atomic E-state index is -0.589. The maximum Gasteiger partial charge on any atom is 0.256 e. The summed E-state index contributed by atoms with van der Waals surface area (Å²) in [6, 6.07) is 4.67. The van der Waals surface area contributed by atoms with Gasteiger partial charge < -0.3 is 4.90 Å². The number of carbonyl (C=O) groups excluding carboxylic acids is 3. The largest absolute Gasteiger partial charge is 0.322 e.